The van der Waals surface area contributed by atoms with Crippen LogP contribution in [0, 0.1) is 0 Å². The van der Waals surface area contributed by atoms with Gasteiger partial charge in [-0.05, 0) is 77.1 Å². The second-order valence-corrected chi connectivity index (χ2v) is 9.45. The van der Waals surface area contributed by atoms with Gasteiger partial charge >= 0.3 is 12.1 Å². The van der Waals surface area contributed by atoms with Crippen LogP contribution in [0.25, 0.3) is 11.3 Å². The van der Waals surface area contributed by atoms with E-state index in [9.17, 15) is 18.0 Å². The molecule has 0 aliphatic carbocycles. The number of hydrogen-bond donors (Lipinski definition) is 1. The molecule has 1 atom stereocenters. The number of carbonyl (C=O) groups is 1. The minimum atomic E-state index is -4.39. The van der Waals surface area contributed by atoms with Gasteiger partial charge in [-0.1, -0.05) is 31.2 Å². The van der Waals surface area contributed by atoms with Gasteiger partial charge in [-0.2, -0.15) is 18.3 Å². The van der Waals surface area contributed by atoms with Crippen LogP contribution < -0.4 is 10.1 Å². The van der Waals surface area contributed by atoms with Crippen LogP contribution >= 0.6 is 0 Å². The Morgan fingerprint density at radius 2 is 1.57 bits per heavy atom. The number of esters is 1. The van der Waals surface area contributed by atoms with Crippen molar-refractivity contribution in [3.63, 3.8) is 0 Å². The van der Waals surface area contributed by atoms with Crippen molar-refractivity contribution in [2.45, 2.75) is 64.9 Å². The number of ether oxygens (including phenoxy) is 2. The van der Waals surface area contributed by atoms with E-state index in [1.54, 1.807) is 32.9 Å². The van der Waals surface area contributed by atoms with E-state index in [0.717, 1.165) is 29.8 Å². The highest BCUT2D eigenvalue weighted by molar-refractivity contribution is 5.79. The molecular formula is C28H34F3N3O3. The quantitative estimate of drug-likeness (QED) is 0.325. The highest BCUT2D eigenvalue weighted by atomic mass is 19.4. The van der Waals surface area contributed by atoms with Gasteiger partial charge in [0.25, 0.3) is 0 Å². The molecule has 0 fully saturated rings. The molecule has 0 aliphatic rings. The standard InChI is InChI=1S/C28H34F3N3O3/c1-7-17-34-24(18-23(33-34)19-9-11-21(12-10-19)28(29,30)31)27(5,32-6)20-13-15-22(16-14-20)37-26(3,4)25(35)36-8-2/h9-16,18,32H,7-8,17H2,1-6H3. The number of alkyl halides is 3. The van der Waals surface area contributed by atoms with Crippen molar-refractivity contribution in [3.05, 3.63) is 71.4 Å². The average Bonchev–Trinajstić information content (AvgIpc) is 3.28. The first-order chi connectivity index (χ1) is 17.4. The first-order valence-electron chi connectivity index (χ1n) is 12.3. The van der Waals surface area contributed by atoms with E-state index >= 15 is 0 Å². The fourth-order valence-corrected chi connectivity index (χ4v) is 4.09. The molecule has 6 nitrogen and oxygen atoms in total. The van der Waals surface area contributed by atoms with Gasteiger partial charge in [-0.3, -0.25) is 4.68 Å². The number of benzene rings is 2. The normalized spacial score (nSPS) is 13.8. The lowest BCUT2D eigenvalue weighted by Crippen LogP contribution is -2.40. The van der Waals surface area contributed by atoms with Crippen LogP contribution in [-0.2, 0) is 27.8 Å². The molecule has 200 valence electrons. The van der Waals surface area contributed by atoms with Gasteiger partial charge in [0, 0.05) is 12.1 Å². The summed E-state index contributed by atoms with van der Waals surface area (Å²) >= 11 is 0. The third-order valence-electron chi connectivity index (χ3n) is 6.31. The maximum Gasteiger partial charge on any atom is 0.416 e. The van der Waals surface area contributed by atoms with Crippen molar-refractivity contribution < 1.29 is 27.4 Å². The number of aryl methyl sites for hydroxylation is 1. The maximum absolute atomic E-state index is 13.0. The Kier molecular flexibility index (Phi) is 8.37. The summed E-state index contributed by atoms with van der Waals surface area (Å²) in [6.07, 6.45) is -3.56. The summed E-state index contributed by atoms with van der Waals surface area (Å²) in [6.45, 7) is 10.0. The van der Waals surface area contributed by atoms with Crippen LogP contribution in [0.2, 0.25) is 0 Å². The zero-order chi connectivity index (χ0) is 27.4. The van der Waals surface area contributed by atoms with Crippen LogP contribution in [0.4, 0.5) is 13.2 Å². The largest absolute Gasteiger partial charge is 0.476 e. The van der Waals surface area contributed by atoms with E-state index in [4.69, 9.17) is 14.6 Å². The predicted molar refractivity (Wildman–Crippen MR) is 136 cm³/mol. The average molecular weight is 518 g/mol. The Hall–Kier alpha value is -3.33. The van der Waals surface area contributed by atoms with Crippen molar-refractivity contribution in [2.75, 3.05) is 13.7 Å². The summed E-state index contributed by atoms with van der Waals surface area (Å²) in [5, 5.41) is 8.11. The van der Waals surface area contributed by atoms with E-state index in [1.807, 2.05) is 43.8 Å². The topological polar surface area (TPSA) is 65.4 Å². The Bertz CT molecular complexity index is 1200. The molecule has 1 N–H and O–H groups in total. The first kappa shape index (κ1) is 28.2. The van der Waals surface area contributed by atoms with Crippen molar-refractivity contribution >= 4 is 5.97 Å². The summed E-state index contributed by atoms with van der Waals surface area (Å²) in [7, 11) is 1.84. The number of carbonyl (C=O) groups excluding carboxylic acids is 1. The number of nitrogens with zero attached hydrogens (tertiary/aromatic N) is 2. The van der Waals surface area contributed by atoms with Crippen molar-refractivity contribution in [1.82, 2.24) is 15.1 Å². The first-order valence-corrected chi connectivity index (χ1v) is 12.3. The van der Waals surface area contributed by atoms with Crippen molar-refractivity contribution in [2.24, 2.45) is 0 Å². The smallest absolute Gasteiger partial charge is 0.416 e. The summed E-state index contributed by atoms with van der Waals surface area (Å²) in [5.74, 6) is 0.0752. The number of aromatic nitrogens is 2. The molecule has 1 unspecified atom stereocenters. The molecule has 9 heteroatoms. The maximum atomic E-state index is 13.0. The van der Waals surface area contributed by atoms with Crippen molar-refractivity contribution in [3.8, 4) is 17.0 Å². The lowest BCUT2D eigenvalue weighted by Gasteiger charge is -2.31. The summed E-state index contributed by atoms with van der Waals surface area (Å²) in [4.78, 5) is 12.2. The summed E-state index contributed by atoms with van der Waals surface area (Å²) < 4.78 is 51.9. The third kappa shape index (κ3) is 6.15. The highest BCUT2D eigenvalue weighted by Crippen LogP contribution is 2.35. The molecule has 3 aromatic rings. The van der Waals surface area contributed by atoms with E-state index in [-0.39, 0.29) is 6.61 Å². The molecule has 3 rings (SSSR count). The van der Waals surface area contributed by atoms with Gasteiger partial charge in [0.05, 0.1) is 29.1 Å². The van der Waals surface area contributed by atoms with Crippen LogP contribution in [0.5, 0.6) is 5.75 Å². The molecule has 0 spiro atoms. The fraction of sp³-hybridized carbons (Fsp3) is 0.429. The second-order valence-electron chi connectivity index (χ2n) is 9.45. The molecule has 0 radical (unpaired) electrons. The van der Waals surface area contributed by atoms with Gasteiger partial charge in [0.1, 0.15) is 5.75 Å². The molecule has 0 saturated heterocycles. The van der Waals surface area contributed by atoms with Crippen LogP contribution in [0.15, 0.2) is 54.6 Å². The van der Waals surface area contributed by atoms with Gasteiger partial charge in [0.2, 0.25) is 0 Å². The van der Waals surface area contributed by atoms with E-state index < -0.39 is 28.8 Å². The zero-order valence-electron chi connectivity index (χ0n) is 22.1. The molecular weight excluding hydrogens is 483 g/mol. The number of halogens is 3. The second kappa shape index (κ2) is 11.0. The lowest BCUT2D eigenvalue weighted by molar-refractivity contribution is -0.158. The Balaban J connectivity index is 1.95. The van der Waals surface area contributed by atoms with Crippen LogP contribution in [0.3, 0.4) is 0 Å². The Morgan fingerprint density at radius 3 is 2.08 bits per heavy atom. The lowest BCUT2D eigenvalue weighted by atomic mass is 9.88. The van der Waals surface area contributed by atoms with E-state index in [1.165, 1.54) is 12.1 Å². The van der Waals surface area contributed by atoms with Gasteiger partial charge in [-0.15, -0.1) is 0 Å². The van der Waals surface area contributed by atoms with E-state index in [2.05, 4.69) is 5.32 Å². The monoisotopic (exact) mass is 517 g/mol. The molecule has 0 aliphatic heterocycles. The molecule has 37 heavy (non-hydrogen) atoms. The highest BCUT2D eigenvalue weighted by Gasteiger charge is 2.34. The molecule has 2 aromatic carbocycles. The molecule has 0 saturated carbocycles. The van der Waals surface area contributed by atoms with E-state index in [0.29, 0.717) is 23.6 Å². The Morgan fingerprint density at radius 1 is 0.973 bits per heavy atom. The van der Waals surface area contributed by atoms with Crippen molar-refractivity contribution in [1.29, 1.82) is 0 Å². The summed E-state index contributed by atoms with van der Waals surface area (Å²) in [6, 6.07) is 14.3. The van der Waals surface area contributed by atoms with Crippen LogP contribution in [-0.4, -0.2) is 35.0 Å². The fourth-order valence-electron chi connectivity index (χ4n) is 4.09. The van der Waals surface area contributed by atoms with Gasteiger partial charge < -0.3 is 14.8 Å². The minimum Gasteiger partial charge on any atom is -0.476 e. The summed E-state index contributed by atoms with van der Waals surface area (Å²) in [5.41, 5.74) is 0.488. The molecule has 1 heterocycles. The SMILES string of the molecule is CCCn1nc(-c2ccc(C(F)(F)F)cc2)cc1C(C)(NC)c1ccc(OC(C)(C)C(=O)OCC)cc1. The van der Waals surface area contributed by atoms with Crippen LogP contribution in [0.1, 0.15) is 57.9 Å². The number of rotatable bonds is 10. The molecule has 0 amide bonds. The minimum absolute atomic E-state index is 0.269. The zero-order valence-corrected chi connectivity index (χ0v) is 22.1. The Labute approximate surface area is 215 Å². The van der Waals surface area contributed by atoms with Gasteiger partial charge in [-0.25, -0.2) is 4.79 Å². The number of nitrogens with one attached hydrogen (secondary N) is 1. The predicted octanol–water partition coefficient (Wildman–Crippen LogP) is 6.18. The third-order valence-corrected chi connectivity index (χ3v) is 6.31. The number of hydrogen-bond acceptors (Lipinski definition) is 5. The molecule has 0 bridgehead atoms. The van der Waals surface area contributed by atoms with Gasteiger partial charge in [0.15, 0.2) is 5.60 Å². The molecule has 1 aromatic heterocycles.